The van der Waals surface area contributed by atoms with Crippen molar-refractivity contribution in [3.05, 3.63) is 29.3 Å². The topological polar surface area (TPSA) is 9.23 Å². The minimum absolute atomic E-state index is 0.155. The van der Waals surface area contributed by atoms with Gasteiger partial charge in [0.05, 0.1) is 0 Å². The Morgan fingerprint density at radius 1 is 1.00 bits per heavy atom. The van der Waals surface area contributed by atoms with Gasteiger partial charge in [0, 0.05) is 0 Å². The average Bonchev–Trinajstić information content (AvgIpc) is 1.97. The van der Waals surface area contributed by atoms with Crippen molar-refractivity contribution in [3.63, 3.8) is 0 Å². The third-order valence-electron chi connectivity index (χ3n) is 2.15. The third-order valence-corrected chi connectivity index (χ3v) is 2.15. The van der Waals surface area contributed by atoms with E-state index < -0.39 is 6.36 Å². The molecule has 4 heteroatoms. The van der Waals surface area contributed by atoms with Gasteiger partial charge in [-0.3, -0.25) is 0 Å². The fourth-order valence-electron chi connectivity index (χ4n) is 1.37. The highest BCUT2D eigenvalue weighted by molar-refractivity contribution is 5.37. The van der Waals surface area contributed by atoms with Gasteiger partial charge in [-0.2, -0.15) is 0 Å². The van der Waals surface area contributed by atoms with Crippen molar-refractivity contribution in [2.24, 2.45) is 0 Å². The predicted molar refractivity (Wildman–Crippen MR) is 56.6 cm³/mol. The van der Waals surface area contributed by atoms with Crippen molar-refractivity contribution >= 4 is 0 Å². The molecule has 0 aliphatic heterocycles. The first-order valence-corrected chi connectivity index (χ1v) is 4.96. The number of halogens is 3. The van der Waals surface area contributed by atoms with E-state index in [4.69, 9.17) is 0 Å². The van der Waals surface area contributed by atoms with Gasteiger partial charge in [0.1, 0.15) is 5.75 Å². The van der Waals surface area contributed by atoms with E-state index in [9.17, 15) is 13.2 Å². The Kier molecular flexibility index (Phi) is 3.22. The zero-order chi connectivity index (χ0) is 12.6. The zero-order valence-electron chi connectivity index (χ0n) is 9.77. The molecule has 1 rings (SSSR count). The molecule has 0 aliphatic rings. The molecule has 0 N–H and O–H groups in total. The molecule has 0 atom stereocenters. The highest BCUT2D eigenvalue weighted by Gasteiger charge is 2.31. The van der Waals surface area contributed by atoms with Gasteiger partial charge < -0.3 is 4.74 Å². The summed E-state index contributed by atoms with van der Waals surface area (Å²) >= 11 is 0. The first-order valence-electron chi connectivity index (χ1n) is 4.96. The van der Waals surface area contributed by atoms with Crippen LogP contribution in [0.25, 0.3) is 0 Å². The highest BCUT2D eigenvalue weighted by atomic mass is 19.4. The molecule has 0 saturated heterocycles. The van der Waals surface area contributed by atoms with Crippen molar-refractivity contribution in [1.29, 1.82) is 0 Å². The van der Waals surface area contributed by atoms with Crippen LogP contribution in [0.15, 0.2) is 18.2 Å². The summed E-state index contributed by atoms with van der Waals surface area (Å²) in [6.07, 6.45) is -4.64. The highest BCUT2D eigenvalue weighted by Crippen LogP contribution is 2.30. The van der Waals surface area contributed by atoms with Crippen LogP contribution in [0.3, 0.4) is 0 Å². The Balaban J connectivity index is 3.09. The summed E-state index contributed by atoms with van der Waals surface area (Å²) in [5, 5.41) is 0. The summed E-state index contributed by atoms with van der Waals surface area (Å²) in [6, 6.07) is 4.67. The summed E-state index contributed by atoms with van der Waals surface area (Å²) < 4.78 is 40.2. The summed E-state index contributed by atoms with van der Waals surface area (Å²) in [6.45, 7) is 7.58. The number of hydrogen-bond donors (Lipinski definition) is 0. The minimum Gasteiger partial charge on any atom is -0.406 e. The quantitative estimate of drug-likeness (QED) is 0.705. The smallest absolute Gasteiger partial charge is 0.406 e. The number of alkyl halides is 3. The molecule has 0 unspecified atom stereocenters. The second kappa shape index (κ2) is 4.00. The second-order valence-corrected chi connectivity index (χ2v) is 4.83. The van der Waals surface area contributed by atoms with Crippen LogP contribution in [0.5, 0.6) is 5.75 Å². The van der Waals surface area contributed by atoms with Crippen LogP contribution in [0.4, 0.5) is 13.2 Å². The van der Waals surface area contributed by atoms with Crippen LogP contribution < -0.4 is 4.74 Å². The van der Waals surface area contributed by atoms with Crippen LogP contribution >= 0.6 is 0 Å². The van der Waals surface area contributed by atoms with Crippen molar-refractivity contribution in [3.8, 4) is 5.75 Å². The molecule has 0 amide bonds. The molecule has 1 aromatic rings. The molecule has 1 aromatic carbocycles. The van der Waals surface area contributed by atoms with Crippen molar-refractivity contribution in [2.45, 2.75) is 39.5 Å². The van der Waals surface area contributed by atoms with Crippen LogP contribution in [-0.2, 0) is 5.41 Å². The largest absolute Gasteiger partial charge is 0.573 e. The van der Waals surface area contributed by atoms with E-state index in [-0.39, 0.29) is 11.2 Å². The SMILES string of the molecule is Cc1cc(OC(F)(F)F)cc(C(C)(C)C)c1. The van der Waals surface area contributed by atoms with Gasteiger partial charge in [0.25, 0.3) is 0 Å². The van der Waals surface area contributed by atoms with Crippen LogP contribution in [0.1, 0.15) is 31.9 Å². The van der Waals surface area contributed by atoms with Gasteiger partial charge in [-0.25, -0.2) is 0 Å². The Labute approximate surface area is 93.2 Å². The number of hydrogen-bond acceptors (Lipinski definition) is 1. The Morgan fingerprint density at radius 2 is 1.56 bits per heavy atom. The standard InChI is InChI=1S/C12H15F3O/c1-8-5-9(11(2,3)4)7-10(6-8)16-12(13,14)15/h5-7H,1-4H3. The number of rotatable bonds is 1. The van der Waals surface area contributed by atoms with E-state index in [0.717, 1.165) is 11.1 Å². The minimum atomic E-state index is -4.64. The summed E-state index contributed by atoms with van der Waals surface area (Å²) in [7, 11) is 0. The fraction of sp³-hybridized carbons (Fsp3) is 0.500. The fourth-order valence-corrected chi connectivity index (χ4v) is 1.37. The monoisotopic (exact) mass is 232 g/mol. The summed E-state index contributed by atoms with van der Waals surface area (Å²) in [5.41, 5.74) is 1.38. The Bertz CT molecular complexity index is 375. The molecule has 0 saturated carbocycles. The van der Waals surface area contributed by atoms with Crippen LogP contribution in [0.2, 0.25) is 0 Å². The molecule has 0 heterocycles. The van der Waals surface area contributed by atoms with Crippen LogP contribution in [-0.4, -0.2) is 6.36 Å². The van der Waals surface area contributed by atoms with Gasteiger partial charge in [-0.15, -0.1) is 13.2 Å². The normalized spacial score (nSPS) is 12.7. The van der Waals surface area contributed by atoms with Gasteiger partial charge >= 0.3 is 6.36 Å². The molecule has 0 spiro atoms. The first kappa shape index (κ1) is 12.9. The van der Waals surface area contributed by atoms with Gasteiger partial charge in [-0.05, 0) is 35.6 Å². The van der Waals surface area contributed by atoms with E-state index in [1.165, 1.54) is 12.1 Å². The summed E-state index contributed by atoms with van der Waals surface area (Å²) in [5.74, 6) is -0.155. The van der Waals surface area contributed by atoms with Gasteiger partial charge in [-0.1, -0.05) is 26.8 Å². The molecule has 0 radical (unpaired) electrons. The molecule has 90 valence electrons. The Morgan fingerprint density at radius 3 is 2.00 bits per heavy atom. The van der Waals surface area contributed by atoms with Gasteiger partial charge in [0.15, 0.2) is 0 Å². The number of ether oxygens (including phenoxy) is 1. The molecule has 0 bridgehead atoms. The third kappa shape index (κ3) is 3.76. The van der Waals surface area contributed by atoms with Gasteiger partial charge in [0.2, 0.25) is 0 Å². The van der Waals surface area contributed by atoms with E-state index >= 15 is 0 Å². The molecule has 0 fully saturated rings. The lowest BCUT2D eigenvalue weighted by Gasteiger charge is -2.21. The lowest BCUT2D eigenvalue weighted by molar-refractivity contribution is -0.274. The maximum Gasteiger partial charge on any atom is 0.573 e. The van der Waals surface area contributed by atoms with Crippen molar-refractivity contribution in [2.75, 3.05) is 0 Å². The lowest BCUT2D eigenvalue weighted by atomic mass is 9.86. The molecule has 0 aromatic heterocycles. The number of benzene rings is 1. The molecular formula is C12H15F3O. The van der Waals surface area contributed by atoms with E-state index in [1.54, 1.807) is 6.92 Å². The maximum absolute atomic E-state index is 12.1. The molecular weight excluding hydrogens is 217 g/mol. The summed E-state index contributed by atoms with van der Waals surface area (Å²) in [4.78, 5) is 0. The zero-order valence-corrected chi connectivity index (χ0v) is 9.77. The van der Waals surface area contributed by atoms with E-state index in [1.807, 2.05) is 26.8 Å². The first-order chi connectivity index (χ1) is 7.08. The van der Waals surface area contributed by atoms with Crippen molar-refractivity contribution in [1.82, 2.24) is 0 Å². The molecule has 16 heavy (non-hydrogen) atoms. The number of aryl methyl sites for hydroxylation is 1. The van der Waals surface area contributed by atoms with E-state index in [2.05, 4.69) is 4.74 Å². The van der Waals surface area contributed by atoms with Crippen molar-refractivity contribution < 1.29 is 17.9 Å². The van der Waals surface area contributed by atoms with Crippen LogP contribution in [0, 0.1) is 6.92 Å². The van der Waals surface area contributed by atoms with E-state index in [0.29, 0.717) is 0 Å². The molecule has 1 nitrogen and oxygen atoms in total. The Hall–Kier alpha value is -1.19. The predicted octanol–water partition coefficient (Wildman–Crippen LogP) is 4.19. The average molecular weight is 232 g/mol. The molecule has 0 aliphatic carbocycles. The lowest BCUT2D eigenvalue weighted by Crippen LogP contribution is -2.18. The maximum atomic E-state index is 12.1. The second-order valence-electron chi connectivity index (χ2n) is 4.83.